The van der Waals surface area contributed by atoms with Gasteiger partial charge in [-0.25, -0.2) is 0 Å². The van der Waals surface area contributed by atoms with Gasteiger partial charge in [0.05, 0.1) is 6.42 Å². The average Bonchev–Trinajstić information content (AvgIpc) is 2.58. The van der Waals surface area contributed by atoms with Crippen LogP contribution in [0.5, 0.6) is 0 Å². The Hall–Kier alpha value is -1.94. The molecule has 0 fully saturated rings. The van der Waals surface area contributed by atoms with Crippen LogP contribution in [0.25, 0.3) is 0 Å². The van der Waals surface area contributed by atoms with Gasteiger partial charge in [-0.15, -0.1) is 0 Å². The van der Waals surface area contributed by atoms with Gasteiger partial charge in [-0.2, -0.15) is 0 Å². The van der Waals surface area contributed by atoms with Crippen molar-refractivity contribution in [2.45, 2.75) is 62.7 Å². The number of carboxylic acid groups (broad SMARTS) is 1. The van der Waals surface area contributed by atoms with E-state index in [0.717, 1.165) is 11.3 Å². The van der Waals surface area contributed by atoms with Crippen molar-refractivity contribution in [1.29, 1.82) is 0 Å². The van der Waals surface area contributed by atoms with E-state index < -0.39 is 5.97 Å². The highest BCUT2D eigenvalue weighted by Gasteiger charge is 2.36. The Morgan fingerprint density at radius 1 is 1.00 bits per heavy atom. The Morgan fingerprint density at radius 3 is 2.23 bits per heavy atom. The minimum Gasteiger partial charge on any atom is -0.481 e. The monoisotopic (exact) mass is 369 g/mol. The standard InChI is InChI=1S/C22H27NO2S/c1-21(2)11-12-22(3,4)19-14-17(9-10-18(19)21)26-23-16-7-5-15(6-8-16)13-20(24)25/h5-10,14,23H,11-13H2,1-4H3,(H,24,25). The maximum Gasteiger partial charge on any atom is 0.307 e. The topological polar surface area (TPSA) is 49.3 Å². The molecule has 3 rings (SSSR count). The zero-order chi connectivity index (χ0) is 18.9. The summed E-state index contributed by atoms with van der Waals surface area (Å²) in [4.78, 5) is 12.0. The summed E-state index contributed by atoms with van der Waals surface area (Å²) >= 11 is 1.60. The fraction of sp³-hybridized carbons (Fsp3) is 0.409. The number of carboxylic acids is 1. The van der Waals surface area contributed by atoms with Gasteiger partial charge in [0, 0.05) is 10.6 Å². The van der Waals surface area contributed by atoms with E-state index in [4.69, 9.17) is 5.11 Å². The third-order valence-corrected chi connectivity index (χ3v) is 6.25. The van der Waals surface area contributed by atoms with Crippen LogP contribution in [0.1, 0.15) is 57.2 Å². The Kier molecular flexibility index (Phi) is 5.07. The molecule has 0 saturated heterocycles. The van der Waals surface area contributed by atoms with Crippen molar-refractivity contribution in [2.24, 2.45) is 0 Å². The number of fused-ring (bicyclic) bond motifs is 1. The predicted octanol–water partition coefficient (Wildman–Crippen LogP) is 5.78. The Morgan fingerprint density at radius 2 is 1.62 bits per heavy atom. The van der Waals surface area contributed by atoms with Gasteiger partial charge in [0.15, 0.2) is 0 Å². The summed E-state index contributed by atoms with van der Waals surface area (Å²) in [7, 11) is 0. The largest absolute Gasteiger partial charge is 0.481 e. The van der Waals surface area contributed by atoms with E-state index in [-0.39, 0.29) is 17.3 Å². The van der Waals surface area contributed by atoms with E-state index >= 15 is 0 Å². The maximum atomic E-state index is 10.8. The lowest BCUT2D eigenvalue weighted by Gasteiger charge is -2.42. The molecule has 2 aromatic rings. The first kappa shape index (κ1) is 18.8. The van der Waals surface area contributed by atoms with Gasteiger partial charge in [0.1, 0.15) is 0 Å². The van der Waals surface area contributed by atoms with E-state index in [2.05, 4.69) is 50.6 Å². The molecule has 1 aliphatic rings. The second-order valence-electron chi connectivity index (χ2n) is 8.45. The Labute approximate surface area is 160 Å². The lowest BCUT2D eigenvalue weighted by molar-refractivity contribution is -0.136. The smallest absolute Gasteiger partial charge is 0.307 e. The van der Waals surface area contributed by atoms with Crippen LogP contribution in [-0.4, -0.2) is 11.1 Å². The number of hydrogen-bond acceptors (Lipinski definition) is 3. The Balaban J connectivity index is 1.74. The number of hydrogen-bond donors (Lipinski definition) is 2. The molecule has 0 heterocycles. The molecule has 0 unspecified atom stereocenters. The second kappa shape index (κ2) is 6.99. The zero-order valence-corrected chi connectivity index (χ0v) is 16.7. The summed E-state index contributed by atoms with van der Waals surface area (Å²) in [6, 6.07) is 14.4. The van der Waals surface area contributed by atoms with Gasteiger partial charge in [-0.3, -0.25) is 4.79 Å². The molecule has 0 bridgehead atoms. The number of benzene rings is 2. The highest BCUT2D eigenvalue weighted by Crippen LogP contribution is 2.46. The summed E-state index contributed by atoms with van der Waals surface area (Å²) in [6.07, 6.45) is 2.49. The van der Waals surface area contributed by atoms with Gasteiger partial charge in [-0.1, -0.05) is 45.9 Å². The molecule has 0 amide bonds. The van der Waals surface area contributed by atoms with E-state index in [1.165, 1.54) is 28.9 Å². The molecule has 3 nitrogen and oxygen atoms in total. The summed E-state index contributed by atoms with van der Waals surface area (Å²) in [5, 5.41) is 8.84. The minimum absolute atomic E-state index is 0.0586. The first-order valence-corrected chi connectivity index (χ1v) is 9.88. The van der Waals surface area contributed by atoms with Gasteiger partial charge in [0.25, 0.3) is 0 Å². The predicted molar refractivity (Wildman–Crippen MR) is 109 cm³/mol. The number of nitrogens with one attached hydrogen (secondary N) is 1. The molecule has 0 aliphatic heterocycles. The maximum absolute atomic E-state index is 10.8. The van der Waals surface area contributed by atoms with E-state index in [1.807, 2.05) is 24.3 Å². The van der Waals surface area contributed by atoms with Crippen molar-refractivity contribution in [3.05, 3.63) is 59.2 Å². The van der Waals surface area contributed by atoms with Crippen molar-refractivity contribution in [1.82, 2.24) is 0 Å². The van der Waals surface area contributed by atoms with Crippen molar-refractivity contribution >= 4 is 23.6 Å². The van der Waals surface area contributed by atoms with Crippen LogP contribution in [0.15, 0.2) is 47.4 Å². The fourth-order valence-corrected chi connectivity index (χ4v) is 4.30. The molecular formula is C22H27NO2S. The van der Waals surface area contributed by atoms with Crippen LogP contribution in [0, 0.1) is 0 Å². The highest BCUT2D eigenvalue weighted by atomic mass is 32.2. The van der Waals surface area contributed by atoms with Gasteiger partial charge < -0.3 is 9.83 Å². The summed E-state index contributed by atoms with van der Waals surface area (Å²) in [5.74, 6) is -0.806. The number of rotatable bonds is 5. The van der Waals surface area contributed by atoms with Crippen LogP contribution in [0.2, 0.25) is 0 Å². The molecule has 0 atom stereocenters. The molecule has 4 heteroatoms. The first-order valence-electron chi connectivity index (χ1n) is 9.06. The van der Waals surface area contributed by atoms with Gasteiger partial charge in [-0.05, 0) is 76.6 Å². The van der Waals surface area contributed by atoms with E-state index in [0.29, 0.717) is 0 Å². The lowest BCUT2D eigenvalue weighted by atomic mass is 9.63. The molecule has 138 valence electrons. The number of carbonyl (C=O) groups is 1. The quantitative estimate of drug-likeness (QED) is 0.656. The minimum atomic E-state index is -0.806. The molecule has 26 heavy (non-hydrogen) atoms. The third kappa shape index (κ3) is 4.07. The third-order valence-electron chi connectivity index (χ3n) is 5.42. The summed E-state index contributed by atoms with van der Waals surface area (Å²) < 4.78 is 3.37. The molecule has 0 spiro atoms. The molecule has 0 saturated carbocycles. The van der Waals surface area contributed by atoms with E-state index in [1.54, 1.807) is 11.9 Å². The van der Waals surface area contributed by atoms with Crippen molar-refractivity contribution in [3.8, 4) is 0 Å². The summed E-state index contributed by atoms with van der Waals surface area (Å²) in [5.41, 5.74) is 5.15. The van der Waals surface area contributed by atoms with Crippen LogP contribution < -0.4 is 4.72 Å². The molecule has 2 aromatic carbocycles. The van der Waals surface area contributed by atoms with Crippen LogP contribution in [0.4, 0.5) is 5.69 Å². The van der Waals surface area contributed by atoms with E-state index in [9.17, 15) is 4.79 Å². The molecule has 1 aliphatic carbocycles. The molecule has 0 aromatic heterocycles. The van der Waals surface area contributed by atoms with Crippen LogP contribution in [-0.2, 0) is 22.0 Å². The van der Waals surface area contributed by atoms with Crippen molar-refractivity contribution in [3.63, 3.8) is 0 Å². The average molecular weight is 370 g/mol. The molecule has 2 N–H and O–H groups in total. The fourth-order valence-electron chi connectivity index (χ4n) is 3.61. The zero-order valence-electron chi connectivity index (χ0n) is 15.9. The SMILES string of the molecule is CC1(C)CCC(C)(C)c2cc(SNc3ccc(CC(=O)O)cc3)ccc21. The second-order valence-corrected chi connectivity index (χ2v) is 9.33. The number of aliphatic carboxylic acids is 1. The van der Waals surface area contributed by atoms with Crippen LogP contribution in [0.3, 0.4) is 0 Å². The Bertz CT molecular complexity index is 809. The van der Waals surface area contributed by atoms with Crippen LogP contribution >= 0.6 is 11.9 Å². The first-order chi connectivity index (χ1) is 12.2. The lowest BCUT2D eigenvalue weighted by Crippen LogP contribution is -2.33. The number of anilines is 1. The normalized spacial score (nSPS) is 17.4. The summed E-state index contributed by atoms with van der Waals surface area (Å²) in [6.45, 7) is 9.35. The van der Waals surface area contributed by atoms with Gasteiger partial charge >= 0.3 is 5.97 Å². The van der Waals surface area contributed by atoms with Gasteiger partial charge in [0.2, 0.25) is 0 Å². The highest BCUT2D eigenvalue weighted by molar-refractivity contribution is 8.00. The molecule has 0 radical (unpaired) electrons. The van der Waals surface area contributed by atoms with Crippen molar-refractivity contribution < 1.29 is 9.90 Å². The molecular weight excluding hydrogens is 342 g/mol. The van der Waals surface area contributed by atoms with Crippen molar-refractivity contribution in [2.75, 3.05) is 4.72 Å².